The van der Waals surface area contributed by atoms with Crippen LogP contribution in [-0.2, 0) is 28.6 Å². The summed E-state index contributed by atoms with van der Waals surface area (Å²) in [4.78, 5) is 36.9. The van der Waals surface area contributed by atoms with E-state index in [2.05, 4.69) is 98.9 Å². The summed E-state index contributed by atoms with van der Waals surface area (Å²) in [5.41, 5.74) is 0. The summed E-state index contributed by atoms with van der Waals surface area (Å²) < 4.78 is 17.2. The average molecular weight is 838 g/mol. The molecule has 0 aliphatic rings. The Kier molecular flexibility index (Phi) is 39.8. The second-order valence-electron chi connectivity index (χ2n) is 16.6. The summed E-state index contributed by atoms with van der Waals surface area (Å²) in [7, 11) is 5.39. The van der Waals surface area contributed by atoms with Crippen LogP contribution in [0.4, 0.5) is 0 Å². The summed E-state index contributed by atoms with van der Waals surface area (Å²) >= 11 is 0. The highest BCUT2D eigenvalue weighted by Gasteiger charge is 2.25. The standard InChI is InChI=1S/C52H87NO7/c1-6-8-10-12-14-16-18-20-22-23-24-25-26-27-28-29-31-32-34-36-38-40-42-50(54)59-47-48(46-58-45-44-49(52(56)57)53(3,4)5)60-51(55)43-41-39-37-35-33-30-21-19-17-15-13-11-9-7-2/h8-11,14-17,20,22,24-25,27-28,48-49H,6-7,12-13,18-19,21,23,26,29-47H2,1-5H3/b10-8+,11-9+,16-14+,17-15+,22-20+,25-24+,28-27+. The van der Waals surface area contributed by atoms with Crippen LogP contribution in [0.5, 0.6) is 0 Å². The summed E-state index contributed by atoms with van der Waals surface area (Å²) in [6.45, 7) is 4.41. The lowest BCUT2D eigenvalue weighted by Crippen LogP contribution is -2.55. The van der Waals surface area contributed by atoms with Crippen LogP contribution in [0.2, 0.25) is 0 Å². The fourth-order valence-electron chi connectivity index (χ4n) is 6.43. The van der Waals surface area contributed by atoms with Crippen LogP contribution >= 0.6 is 0 Å². The highest BCUT2D eigenvalue weighted by molar-refractivity contribution is 5.70. The van der Waals surface area contributed by atoms with Crippen molar-refractivity contribution < 1.29 is 38.2 Å². The van der Waals surface area contributed by atoms with Gasteiger partial charge in [-0.1, -0.05) is 157 Å². The Bertz CT molecular complexity index is 1250. The molecule has 2 unspecified atom stereocenters. The Morgan fingerprint density at radius 3 is 1.30 bits per heavy atom. The molecule has 0 heterocycles. The molecular weight excluding hydrogens is 751 g/mol. The lowest BCUT2D eigenvalue weighted by Gasteiger charge is -2.34. The lowest BCUT2D eigenvalue weighted by molar-refractivity contribution is -0.889. The minimum atomic E-state index is -1.13. The molecular formula is C52H87NO7. The molecule has 0 aliphatic carbocycles. The fourth-order valence-corrected chi connectivity index (χ4v) is 6.43. The predicted octanol–water partition coefficient (Wildman–Crippen LogP) is 12.0. The van der Waals surface area contributed by atoms with Crippen LogP contribution in [0.15, 0.2) is 85.1 Å². The van der Waals surface area contributed by atoms with Gasteiger partial charge in [0, 0.05) is 19.3 Å². The maximum Gasteiger partial charge on any atom is 0.306 e. The fraction of sp³-hybridized carbons (Fsp3) is 0.673. The number of carbonyl (C=O) groups is 3. The van der Waals surface area contributed by atoms with E-state index in [0.717, 1.165) is 109 Å². The van der Waals surface area contributed by atoms with Gasteiger partial charge in [-0.05, 0) is 83.5 Å². The van der Waals surface area contributed by atoms with Crippen LogP contribution in [0.1, 0.15) is 174 Å². The molecule has 8 nitrogen and oxygen atoms in total. The summed E-state index contributed by atoms with van der Waals surface area (Å²) in [5, 5.41) is 11.6. The predicted molar refractivity (Wildman–Crippen MR) is 249 cm³/mol. The minimum absolute atomic E-state index is 0.0280. The van der Waals surface area contributed by atoms with Gasteiger partial charge in [-0.15, -0.1) is 0 Å². The maximum absolute atomic E-state index is 12.7. The second kappa shape index (κ2) is 42.2. The number of hydrogen-bond donors (Lipinski definition) is 0. The Balaban J connectivity index is 4.32. The topological polar surface area (TPSA) is 102 Å². The van der Waals surface area contributed by atoms with E-state index in [1.807, 2.05) is 0 Å². The van der Waals surface area contributed by atoms with Gasteiger partial charge in [0.1, 0.15) is 12.6 Å². The summed E-state index contributed by atoms with van der Waals surface area (Å²) in [6, 6.07) is -0.734. The molecule has 2 atom stereocenters. The molecule has 0 amide bonds. The molecule has 8 heteroatoms. The second-order valence-corrected chi connectivity index (χ2v) is 16.6. The first-order valence-corrected chi connectivity index (χ1v) is 23.6. The van der Waals surface area contributed by atoms with Gasteiger partial charge in [-0.25, -0.2) is 0 Å². The van der Waals surface area contributed by atoms with Crippen LogP contribution < -0.4 is 5.11 Å². The van der Waals surface area contributed by atoms with Crippen LogP contribution in [0.3, 0.4) is 0 Å². The van der Waals surface area contributed by atoms with Crippen molar-refractivity contribution in [2.75, 3.05) is 41.0 Å². The zero-order chi connectivity index (χ0) is 44.2. The third-order valence-corrected chi connectivity index (χ3v) is 10.0. The van der Waals surface area contributed by atoms with Crippen LogP contribution in [0.25, 0.3) is 0 Å². The van der Waals surface area contributed by atoms with Gasteiger partial charge in [-0.2, -0.15) is 0 Å². The van der Waals surface area contributed by atoms with Crippen molar-refractivity contribution in [2.45, 2.75) is 187 Å². The molecule has 0 saturated carbocycles. The molecule has 0 aromatic carbocycles. The molecule has 0 aliphatic heterocycles. The maximum atomic E-state index is 12.7. The van der Waals surface area contributed by atoms with E-state index in [4.69, 9.17) is 14.2 Å². The van der Waals surface area contributed by atoms with Crippen molar-refractivity contribution in [3.63, 3.8) is 0 Å². The Hall–Kier alpha value is -3.49. The van der Waals surface area contributed by atoms with Crippen molar-refractivity contribution in [3.05, 3.63) is 85.1 Å². The van der Waals surface area contributed by atoms with Crippen molar-refractivity contribution in [1.82, 2.24) is 0 Å². The van der Waals surface area contributed by atoms with Crippen molar-refractivity contribution in [3.8, 4) is 0 Å². The number of likely N-dealkylation sites (N-methyl/N-ethyl adjacent to an activating group) is 1. The van der Waals surface area contributed by atoms with Gasteiger partial charge < -0.3 is 28.6 Å². The van der Waals surface area contributed by atoms with Crippen LogP contribution in [-0.4, -0.2) is 75.5 Å². The van der Waals surface area contributed by atoms with Gasteiger partial charge in [0.05, 0.1) is 40.3 Å². The first kappa shape index (κ1) is 56.5. The van der Waals surface area contributed by atoms with Gasteiger partial charge in [0.25, 0.3) is 0 Å². The number of quaternary nitrogens is 1. The third kappa shape index (κ3) is 39.9. The van der Waals surface area contributed by atoms with E-state index in [1.165, 1.54) is 32.1 Å². The zero-order valence-electron chi connectivity index (χ0n) is 38.8. The number of aliphatic carboxylic acids is 1. The van der Waals surface area contributed by atoms with E-state index in [0.29, 0.717) is 12.8 Å². The molecule has 0 aromatic heterocycles. The van der Waals surface area contributed by atoms with Crippen molar-refractivity contribution in [2.24, 2.45) is 0 Å². The zero-order valence-corrected chi connectivity index (χ0v) is 38.8. The molecule has 0 saturated heterocycles. The molecule has 0 aromatic rings. The molecule has 0 spiro atoms. The number of unbranched alkanes of at least 4 members (excludes halogenated alkanes) is 13. The van der Waals surface area contributed by atoms with E-state index in [1.54, 1.807) is 21.1 Å². The summed E-state index contributed by atoms with van der Waals surface area (Å²) in [6.07, 6.45) is 54.6. The minimum Gasteiger partial charge on any atom is -0.544 e. The van der Waals surface area contributed by atoms with E-state index in [9.17, 15) is 19.5 Å². The van der Waals surface area contributed by atoms with E-state index < -0.39 is 18.1 Å². The van der Waals surface area contributed by atoms with Gasteiger partial charge in [-0.3, -0.25) is 9.59 Å². The monoisotopic (exact) mass is 838 g/mol. The SMILES string of the molecule is CC/C=C/C/C=C/C/C=C/C/C=C/C/C=C/CCCCCCCCC(=O)OCC(COCCC(C(=O)[O-])[N+](C)(C)C)OC(=O)CCCCCCCCC/C=C/C/C=C/CC. The quantitative estimate of drug-likeness (QED) is 0.0261. The molecule has 0 bridgehead atoms. The van der Waals surface area contributed by atoms with Crippen LogP contribution in [0, 0.1) is 0 Å². The van der Waals surface area contributed by atoms with Gasteiger partial charge in [0.15, 0.2) is 6.10 Å². The Morgan fingerprint density at radius 1 is 0.500 bits per heavy atom. The lowest BCUT2D eigenvalue weighted by atomic mass is 10.1. The molecule has 60 heavy (non-hydrogen) atoms. The number of esters is 2. The largest absolute Gasteiger partial charge is 0.544 e. The first-order valence-electron chi connectivity index (χ1n) is 23.6. The number of rotatable bonds is 41. The number of carbonyl (C=O) groups excluding carboxylic acids is 3. The molecule has 0 fully saturated rings. The number of nitrogens with zero attached hydrogens (tertiary/aromatic N) is 1. The number of carboxylic acids is 1. The van der Waals surface area contributed by atoms with E-state index >= 15 is 0 Å². The Morgan fingerprint density at radius 2 is 0.883 bits per heavy atom. The number of carboxylic acid groups (broad SMARTS) is 1. The number of ether oxygens (including phenoxy) is 3. The molecule has 0 radical (unpaired) electrons. The molecule has 0 N–H and O–H groups in total. The van der Waals surface area contributed by atoms with Gasteiger partial charge >= 0.3 is 11.9 Å². The molecule has 0 rings (SSSR count). The first-order chi connectivity index (χ1) is 29.1. The van der Waals surface area contributed by atoms with Gasteiger partial charge in [0.2, 0.25) is 0 Å². The smallest absolute Gasteiger partial charge is 0.306 e. The average Bonchev–Trinajstić information content (AvgIpc) is 3.21. The highest BCUT2D eigenvalue weighted by Crippen LogP contribution is 2.13. The summed E-state index contributed by atoms with van der Waals surface area (Å²) in [5.74, 6) is -1.77. The molecule has 342 valence electrons. The number of allylic oxidation sites excluding steroid dienone is 14. The number of hydrogen-bond acceptors (Lipinski definition) is 7. The third-order valence-electron chi connectivity index (χ3n) is 10.0. The van der Waals surface area contributed by atoms with E-state index in [-0.39, 0.29) is 42.7 Å². The van der Waals surface area contributed by atoms with Crippen molar-refractivity contribution in [1.29, 1.82) is 0 Å². The highest BCUT2D eigenvalue weighted by atomic mass is 16.6. The Labute approximate surface area is 367 Å². The van der Waals surface area contributed by atoms with Crippen molar-refractivity contribution >= 4 is 17.9 Å². The normalized spacial score (nSPS) is 13.7.